The van der Waals surface area contributed by atoms with Gasteiger partial charge in [-0.1, -0.05) is 6.92 Å². The molecule has 2 atom stereocenters. The van der Waals surface area contributed by atoms with Crippen LogP contribution in [0.4, 0.5) is 0 Å². The molecule has 1 aliphatic rings. The number of hydrogen-bond donors (Lipinski definition) is 1. The minimum atomic E-state index is -0.00319. The smallest absolute Gasteiger partial charge is 0.0658 e. The second-order valence-electron chi connectivity index (χ2n) is 2.91. The highest BCUT2D eigenvalue weighted by Crippen LogP contribution is 2.29. The molecule has 2 heteroatoms. The number of rotatable bonds is 3. The minimum Gasteiger partial charge on any atom is -0.392 e. The number of aliphatic hydroxyl groups excluding tert-OH is 1. The third-order valence-electron chi connectivity index (χ3n) is 1.95. The van der Waals surface area contributed by atoms with Gasteiger partial charge in [-0.25, -0.2) is 0 Å². The Morgan fingerprint density at radius 1 is 1.50 bits per heavy atom. The van der Waals surface area contributed by atoms with Crippen molar-refractivity contribution in [1.82, 2.24) is 0 Å². The first kappa shape index (κ1) is 8.41. The van der Waals surface area contributed by atoms with Crippen LogP contribution in [-0.2, 0) is 0 Å². The van der Waals surface area contributed by atoms with Gasteiger partial charge in [0.1, 0.15) is 0 Å². The maximum Gasteiger partial charge on any atom is 0.0658 e. The first-order valence-electron chi connectivity index (χ1n) is 4.14. The SMILES string of the molecule is CCCSC1CCCC1O. The molecule has 0 aromatic rings. The van der Waals surface area contributed by atoms with Crippen molar-refractivity contribution in [3.8, 4) is 0 Å². The highest BCUT2D eigenvalue weighted by atomic mass is 32.2. The van der Waals surface area contributed by atoms with Crippen molar-refractivity contribution in [1.29, 1.82) is 0 Å². The zero-order valence-corrected chi connectivity index (χ0v) is 7.36. The summed E-state index contributed by atoms with van der Waals surface area (Å²) >= 11 is 1.94. The van der Waals surface area contributed by atoms with Gasteiger partial charge in [0.05, 0.1) is 6.10 Å². The molecule has 0 saturated heterocycles. The third-order valence-corrected chi connectivity index (χ3v) is 3.58. The molecule has 0 aromatic heterocycles. The molecule has 0 bridgehead atoms. The van der Waals surface area contributed by atoms with Crippen molar-refractivity contribution in [2.75, 3.05) is 5.75 Å². The topological polar surface area (TPSA) is 20.2 Å². The largest absolute Gasteiger partial charge is 0.392 e. The predicted octanol–water partition coefficient (Wildman–Crippen LogP) is 2.04. The summed E-state index contributed by atoms with van der Waals surface area (Å²) in [4.78, 5) is 0. The fraction of sp³-hybridized carbons (Fsp3) is 1.00. The first-order valence-corrected chi connectivity index (χ1v) is 5.19. The summed E-state index contributed by atoms with van der Waals surface area (Å²) in [5.41, 5.74) is 0. The van der Waals surface area contributed by atoms with Crippen LogP contribution >= 0.6 is 11.8 Å². The standard InChI is InChI=1S/C8H16OS/c1-2-6-10-8-5-3-4-7(8)9/h7-9H,2-6H2,1H3. The van der Waals surface area contributed by atoms with E-state index in [1.807, 2.05) is 11.8 Å². The van der Waals surface area contributed by atoms with Gasteiger partial charge in [-0.05, 0) is 31.4 Å². The summed E-state index contributed by atoms with van der Waals surface area (Å²) in [5.74, 6) is 1.21. The minimum absolute atomic E-state index is 0.00319. The van der Waals surface area contributed by atoms with Gasteiger partial charge < -0.3 is 5.11 Å². The monoisotopic (exact) mass is 160 g/mol. The molecule has 0 spiro atoms. The van der Waals surface area contributed by atoms with Crippen LogP contribution in [0, 0.1) is 0 Å². The number of hydrogen-bond acceptors (Lipinski definition) is 2. The molecule has 0 aromatic carbocycles. The summed E-state index contributed by atoms with van der Waals surface area (Å²) in [6.07, 6.45) is 4.71. The maximum absolute atomic E-state index is 9.39. The van der Waals surface area contributed by atoms with E-state index in [2.05, 4.69) is 6.92 Å². The molecule has 0 amide bonds. The summed E-state index contributed by atoms with van der Waals surface area (Å²) in [7, 11) is 0. The summed E-state index contributed by atoms with van der Waals surface area (Å²) in [6, 6.07) is 0. The van der Waals surface area contributed by atoms with Crippen LogP contribution in [0.15, 0.2) is 0 Å². The van der Waals surface area contributed by atoms with Gasteiger partial charge in [0.15, 0.2) is 0 Å². The zero-order chi connectivity index (χ0) is 7.40. The quantitative estimate of drug-likeness (QED) is 0.682. The van der Waals surface area contributed by atoms with Crippen LogP contribution in [0.2, 0.25) is 0 Å². The Balaban J connectivity index is 2.14. The average molecular weight is 160 g/mol. The van der Waals surface area contributed by atoms with Crippen LogP contribution in [0.5, 0.6) is 0 Å². The lowest BCUT2D eigenvalue weighted by atomic mass is 10.3. The summed E-state index contributed by atoms with van der Waals surface area (Å²) < 4.78 is 0. The molecule has 0 radical (unpaired) electrons. The van der Waals surface area contributed by atoms with Crippen molar-refractivity contribution in [3.63, 3.8) is 0 Å². The number of thioether (sulfide) groups is 1. The second-order valence-corrected chi connectivity index (χ2v) is 4.25. The Labute approximate surface area is 67.2 Å². The molecule has 10 heavy (non-hydrogen) atoms. The van der Waals surface area contributed by atoms with Gasteiger partial charge in [0.25, 0.3) is 0 Å². The van der Waals surface area contributed by atoms with Crippen LogP contribution in [0.1, 0.15) is 32.6 Å². The van der Waals surface area contributed by atoms with Gasteiger partial charge in [-0.15, -0.1) is 0 Å². The van der Waals surface area contributed by atoms with E-state index in [0.717, 1.165) is 6.42 Å². The van der Waals surface area contributed by atoms with Crippen molar-refractivity contribution in [3.05, 3.63) is 0 Å². The van der Waals surface area contributed by atoms with Gasteiger partial charge in [-0.2, -0.15) is 11.8 Å². The fourth-order valence-corrected chi connectivity index (χ4v) is 2.60. The zero-order valence-electron chi connectivity index (χ0n) is 6.55. The normalized spacial score (nSPS) is 33.0. The Bertz CT molecular complexity index is 95.3. The first-order chi connectivity index (χ1) is 4.84. The second kappa shape index (κ2) is 4.24. The molecule has 2 unspecified atom stereocenters. The van der Waals surface area contributed by atoms with Gasteiger partial charge in [-0.3, -0.25) is 0 Å². The van der Waals surface area contributed by atoms with Gasteiger partial charge in [0, 0.05) is 5.25 Å². The lowest BCUT2D eigenvalue weighted by molar-refractivity contribution is 0.188. The van der Waals surface area contributed by atoms with Crippen LogP contribution in [0.3, 0.4) is 0 Å². The Morgan fingerprint density at radius 3 is 2.80 bits per heavy atom. The molecule has 1 rings (SSSR count). The van der Waals surface area contributed by atoms with E-state index in [4.69, 9.17) is 0 Å². The molecule has 1 fully saturated rings. The Morgan fingerprint density at radius 2 is 2.30 bits per heavy atom. The Hall–Kier alpha value is 0.310. The third kappa shape index (κ3) is 2.17. The lowest BCUT2D eigenvalue weighted by Crippen LogP contribution is -2.15. The number of aliphatic hydroxyl groups is 1. The molecular formula is C8H16OS. The highest BCUT2D eigenvalue weighted by molar-refractivity contribution is 7.99. The van der Waals surface area contributed by atoms with E-state index >= 15 is 0 Å². The molecule has 1 N–H and O–H groups in total. The molecule has 1 nitrogen and oxygen atoms in total. The summed E-state index contributed by atoms with van der Waals surface area (Å²) in [6.45, 7) is 2.19. The fourth-order valence-electron chi connectivity index (χ4n) is 1.37. The highest BCUT2D eigenvalue weighted by Gasteiger charge is 2.24. The van der Waals surface area contributed by atoms with Crippen molar-refractivity contribution in [2.24, 2.45) is 0 Å². The lowest BCUT2D eigenvalue weighted by Gasteiger charge is -2.12. The molecule has 0 heterocycles. The van der Waals surface area contributed by atoms with E-state index in [1.165, 1.54) is 25.0 Å². The van der Waals surface area contributed by atoms with Crippen molar-refractivity contribution in [2.45, 2.75) is 44.0 Å². The average Bonchev–Trinajstić information content (AvgIpc) is 2.31. The van der Waals surface area contributed by atoms with Gasteiger partial charge in [0.2, 0.25) is 0 Å². The van der Waals surface area contributed by atoms with Gasteiger partial charge >= 0.3 is 0 Å². The molecule has 60 valence electrons. The molecular weight excluding hydrogens is 144 g/mol. The van der Waals surface area contributed by atoms with E-state index < -0.39 is 0 Å². The molecule has 1 aliphatic carbocycles. The summed E-state index contributed by atoms with van der Waals surface area (Å²) in [5, 5.41) is 9.95. The van der Waals surface area contributed by atoms with E-state index in [0.29, 0.717) is 5.25 Å². The van der Waals surface area contributed by atoms with E-state index in [9.17, 15) is 5.11 Å². The van der Waals surface area contributed by atoms with Crippen LogP contribution in [0.25, 0.3) is 0 Å². The van der Waals surface area contributed by atoms with E-state index in [1.54, 1.807) is 0 Å². The molecule has 0 aliphatic heterocycles. The van der Waals surface area contributed by atoms with Crippen LogP contribution in [-0.4, -0.2) is 22.2 Å². The Kier molecular flexibility index (Phi) is 3.57. The van der Waals surface area contributed by atoms with E-state index in [-0.39, 0.29) is 6.10 Å². The van der Waals surface area contributed by atoms with Crippen molar-refractivity contribution < 1.29 is 5.11 Å². The predicted molar refractivity (Wildman–Crippen MR) is 46.4 cm³/mol. The van der Waals surface area contributed by atoms with Crippen LogP contribution < -0.4 is 0 Å². The molecule has 1 saturated carbocycles. The van der Waals surface area contributed by atoms with Crippen molar-refractivity contribution >= 4 is 11.8 Å². The maximum atomic E-state index is 9.39.